The van der Waals surface area contributed by atoms with E-state index in [4.69, 9.17) is 21.1 Å². The first-order chi connectivity index (χ1) is 12.6. The predicted octanol–water partition coefficient (Wildman–Crippen LogP) is 2.87. The van der Waals surface area contributed by atoms with E-state index < -0.39 is 6.17 Å². The van der Waals surface area contributed by atoms with Gasteiger partial charge >= 0.3 is 0 Å². The Kier molecular flexibility index (Phi) is 4.82. The van der Waals surface area contributed by atoms with Crippen LogP contribution in [0.2, 0.25) is 5.02 Å². The molecule has 8 nitrogen and oxygen atoms in total. The van der Waals surface area contributed by atoms with Gasteiger partial charge in [-0.25, -0.2) is 9.37 Å². The Morgan fingerprint density at radius 1 is 1.38 bits per heavy atom. The number of aromatic nitrogens is 4. The van der Waals surface area contributed by atoms with Crippen molar-refractivity contribution in [3.8, 4) is 5.88 Å². The van der Waals surface area contributed by atoms with Crippen LogP contribution in [0, 0.1) is 6.92 Å². The van der Waals surface area contributed by atoms with Crippen molar-refractivity contribution in [3.05, 3.63) is 16.9 Å². The monoisotopic (exact) mass is 382 g/mol. The molecule has 4 heterocycles. The molecule has 4 rings (SSSR count). The molecule has 10 heteroatoms. The molecule has 1 saturated heterocycles. The molecule has 2 aliphatic rings. The minimum Gasteiger partial charge on any atom is -0.475 e. The summed E-state index contributed by atoms with van der Waals surface area (Å²) in [6.07, 6.45) is 1.67. The van der Waals surface area contributed by atoms with Crippen LogP contribution in [0.5, 0.6) is 5.88 Å². The zero-order chi connectivity index (χ0) is 18.1. The maximum absolute atomic E-state index is 13.7. The minimum atomic E-state index is -0.989. The highest BCUT2D eigenvalue weighted by Crippen LogP contribution is 2.34. The molecule has 2 bridgehead atoms. The van der Waals surface area contributed by atoms with Crippen LogP contribution in [-0.4, -0.2) is 52.3 Å². The fourth-order valence-corrected chi connectivity index (χ4v) is 3.30. The molecule has 2 aromatic heterocycles. The maximum Gasteiger partial charge on any atom is 0.257 e. The summed E-state index contributed by atoms with van der Waals surface area (Å²) in [4.78, 5) is 8.62. The molecule has 2 aliphatic heterocycles. The summed E-state index contributed by atoms with van der Waals surface area (Å²) in [6.45, 7) is 3.60. The lowest BCUT2D eigenvalue weighted by atomic mass is 10.1. The van der Waals surface area contributed by atoms with Crippen molar-refractivity contribution in [2.45, 2.75) is 32.0 Å². The Morgan fingerprint density at radius 2 is 2.27 bits per heavy atom. The lowest BCUT2D eigenvalue weighted by Gasteiger charge is -2.26. The minimum absolute atomic E-state index is 0.139. The third-order valence-electron chi connectivity index (χ3n) is 4.43. The molecule has 0 saturated carbocycles. The van der Waals surface area contributed by atoms with Crippen molar-refractivity contribution in [1.82, 2.24) is 19.7 Å². The SMILES string of the molecule is Cc1c2c(nn1C1COCC(F)C1)OCCCNc1nc(ncc1Cl)N2. The van der Waals surface area contributed by atoms with Crippen LogP contribution in [0.4, 0.5) is 21.8 Å². The Balaban J connectivity index is 1.70. The van der Waals surface area contributed by atoms with Gasteiger partial charge in [-0.15, -0.1) is 5.10 Å². The second-order valence-electron chi connectivity index (χ2n) is 6.38. The summed E-state index contributed by atoms with van der Waals surface area (Å²) >= 11 is 6.13. The van der Waals surface area contributed by atoms with E-state index >= 15 is 0 Å². The zero-order valence-corrected chi connectivity index (χ0v) is 15.1. The maximum atomic E-state index is 13.7. The van der Waals surface area contributed by atoms with Gasteiger partial charge in [0.1, 0.15) is 16.9 Å². The molecule has 0 aromatic carbocycles. The number of nitrogens with zero attached hydrogens (tertiary/aromatic N) is 4. The van der Waals surface area contributed by atoms with Crippen LogP contribution in [0.1, 0.15) is 24.6 Å². The van der Waals surface area contributed by atoms with Gasteiger partial charge in [0.05, 0.1) is 37.8 Å². The van der Waals surface area contributed by atoms with Crippen LogP contribution in [0.3, 0.4) is 0 Å². The Morgan fingerprint density at radius 3 is 3.12 bits per heavy atom. The van der Waals surface area contributed by atoms with Gasteiger partial charge in [0, 0.05) is 13.0 Å². The lowest BCUT2D eigenvalue weighted by Crippen LogP contribution is -2.30. The number of hydrogen-bond donors (Lipinski definition) is 2. The average Bonchev–Trinajstić information content (AvgIpc) is 2.91. The van der Waals surface area contributed by atoms with Crippen molar-refractivity contribution in [2.24, 2.45) is 0 Å². The Bertz CT molecular complexity index is 801. The van der Waals surface area contributed by atoms with Crippen molar-refractivity contribution in [1.29, 1.82) is 0 Å². The van der Waals surface area contributed by atoms with Crippen LogP contribution < -0.4 is 15.4 Å². The van der Waals surface area contributed by atoms with E-state index in [0.717, 1.165) is 12.1 Å². The smallest absolute Gasteiger partial charge is 0.257 e. The summed E-state index contributed by atoms with van der Waals surface area (Å²) < 4.78 is 26.7. The van der Waals surface area contributed by atoms with Gasteiger partial charge in [0.25, 0.3) is 5.88 Å². The van der Waals surface area contributed by atoms with Gasteiger partial charge in [-0.2, -0.15) is 4.98 Å². The van der Waals surface area contributed by atoms with E-state index in [2.05, 4.69) is 25.7 Å². The number of nitrogens with one attached hydrogen (secondary N) is 2. The molecule has 26 heavy (non-hydrogen) atoms. The van der Waals surface area contributed by atoms with Gasteiger partial charge in [-0.05, 0) is 13.3 Å². The fourth-order valence-electron chi connectivity index (χ4n) is 3.14. The largest absolute Gasteiger partial charge is 0.475 e. The summed E-state index contributed by atoms with van der Waals surface area (Å²) in [7, 11) is 0. The number of rotatable bonds is 1. The second kappa shape index (κ2) is 7.24. The first kappa shape index (κ1) is 17.3. The zero-order valence-electron chi connectivity index (χ0n) is 14.3. The highest BCUT2D eigenvalue weighted by atomic mass is 35.5. The number of anilines is 3. The van der Waals surface area contributed by atoms with Crippen LogP contribution in [0.15, 0.2) is 6.20 Å². The third-order valence-corrected chi connectivity index (χ3v) is 4.71. The molecule has 140 valence electrons. The van der Waals surface area contributed by atoms with E-state index in [9.17, 15) is 4.39 Å². The van der Waals surface area contributed by atoms with Gasteiger partial charge < -0.3 is 20.1 Å². The lowest BCUT2D eigenvalue weighted by molar-refractivity contribution is 0.000651. The molecule has 1 fully saturated rings. The van der Waals surface area contributed by atoms with Crippen molar-refractivity contribution >= 4 is 29.1 Å². The highest BCUT2D eigenvalue weighted by molar-refractivity contribution is 6.32. The summed E-state index contributed by atoms with van der Waals surface area (Å²) in [5.41, 5.74) is 1.48. The molecule has 0 amide bonds. The number of hydrogen-bond acceptors (Lipinski definition) is 7. The third kappa shape index (κ3) is 3.41. The number of fused-ring (bicyclic) bond motifs is 3. The molecular formula is C16H20ClFN6O2. The predicted molar refractivity (Wildman–Crippen MR) is 95.3 cm³/mol. The summed E-state index contributed by atoms with van der Waals surface area (Å²) in [5.74, 6) is 1.40. The normalized spacial score (nSPS) is 23.0. The molecule has 2 atom stereocenters. The van der Waals surface area contributed by atoms with Crippen molar-refractivity contribution in [2.75, 3.05) is 37.0 Å². The second-order valence-corrected chi connectivity index (χ2v) is 6.79. The summed E-state index contributed by atoms with van der Waals surface area (Å²) in [6, 6.07) is -0.173. The Labute approximate surface area is 155 Å². The van der Waals surface area contributed by atoms with E-state index in [1.165, 1.54) is 0 Å². The molecule has 0 aliphatic carbocycles. The van der Waals surface area contributed by atoms with E-state index in [0.29, 0.717) is 54.5 Å². The quantitative estimate of drug-likeness (QED) is 0.784. The fraction of sp³-hybridized carbons (Fsp3) is 0.562. The molecule has 2 aromatic rings. The number of halogens is 2. The molecular weight excluding hydrogens is 363 g/mol. The van der Waals surface area contributed by atoms with E-state index in [1.54, 1.807) is 10.9 Å². The number of ether oxygens (including phenoxy) is 2. The first-order valence-corrected chi connectivity index (χ1v) is 8.96. The van der Waals surface area contributed by atoms with Crippen LogP contribution in [-0.2, 0) is 4.74 Å². The molecule has 2 unspecified atom stereocenters. The van der Waals surface area contributed by atoms with Crippen LogP contribution in [0.25, 0.3) is 0 Å². The van der Waals surface area contributed by atoms with E-state index in [1.807, 2.05) is 6.92 Å². The van der Waals surface area contributed by atoms with Crippen LogP contribution >= 0.6 is 11.6 Å². The number of alkyl halides is 1. The van der Waals surface area contributed by atoms with E-state index in [-0.39, 0.29) is 12.6 Å². The topological polar surface area (TPSA) is 86.1 Å². The van der Waals surface area contributed by atoms with Gasteiger partial charge in [-0.3, -0.25) is 4.68 Å². The first-order valence-electron chi connectivity index (χ1n) is 8.59. The van der Waals surface area contributed by atoms with Crippen molar-refractivity contribution < 1.29 is 13.9 Å². The van der Waals surface area contributed by atoms with Gasteiger partial charge in [-0.1, -0.05) is 11.6 Å². The van der Waals surface area contributed by atoms with Gasteiger partial charge in [0.2, 0.25) is 5.95 Å². The summed E-state index contributed by atoms with van der Waals surface area (Å²) in [5, 5.41) is 11.3. The highest BCUT2D eigenvalue weighted by Gasteiger charge is 2.28. The van der Waals surface area contributed by atoms with Crippen molar-refractivity contribution in [3.63, 3.8) is 0 Å². The molecule has 0 radical (unpaired) electrons. The Hall–Kier alpha value is -2.13. The average molecular weight is 383 g/mol. The molecule has 0 spiro atoms. The molecule has 2 N–H and O–H groups in total. The standard InChI is InChI=1S/C16H20ClFN6O2/c1-9-13-15(23-24(9)11-5-10(18)7-25-8-11)26-4-2-3-19-14-12(17)6-20-16(21-13)22-14/h6,10-11H,2-5,7-8H2,1H3,(H2,19,20,21,22). The van der Waals surface area contributed by atoms with Gasteiger partial charge in [0.15, 0.2) is 5.82 Å².